The smallest absolute Gasteiger partial charge is 0.410 e. The quantitative estimate of drug-likeness (QED) is 0.359. The van der Waals surface area contributed by atoms with E-state index < -0.39 is 29.6 Å². The summed E-state index contributed by atoms with van der Waals surface area (Å²) in [4.78, 5) is 38.3. The second-order valence-electron chi connectivity index (χ2n) is 9.88. The molecule has 1 aliphatic heterocycles. The molecule has 12 heteroatoms. The monoisotopic (exact) mass is 523 g/mol. The Morgan fingerprint density at radius 2 is 1.87 bits per heavy atom. The fourth-order valence-electron chi connectivity index (χ4n) is 4.18. The lowest BCUT2D eigenvalue weighted by atomic mass is 10.1. The van der Waals surface area contributed by atoms with Gasteiger partial charge in [0.2, 0.25) is 11.8 Å². The van der Waals surface area contributed by atoms with E-state index in [0.29, 0.717) is 43.0 Å². The molecular weight excluding hydrogens is 490 g/mol. The number of benzene rings is 1. The molecule has 3 amide bonds. The number of nitrogens with two attached hydrogens (primary N) is 2. The van der Waals surface area contributed by atoms with Gasteiger partial charge in [-0.2, -0.15) is 0 Å². The normalized spacial score (nSPS) is 16.4. The maximum absolute atomic E-state index is 12.7. The summed E-state index contributed by atoms with van der Waals surface area (Å²) in [6.07, 6.45) is 2.36. The predicted molar refractivity (Wildman–Crippen MR) is 137 cm³/mol. The summed E-state index contributed by atoms with van der Waals surface area (Å²) < 4.78 is 13.1. The molecule has 0 spiro atoms. The van der Waals surface area contributed by atoms with Crippen molar-refractivity contribution in [1.29, 1.82) is 0 Å². The molecule has 2 atom stereocenters. The van der Waals surface area contributed by atoms with Crippen LogP contribution in [0.2, 0.25) is 0 Å². The van der Waals surface area contributed by atoms with Crippen molar-refractivity contribution in [3.05, 3.63) is 65.6 Å². The topological polar surface area (TPSA) is 167 Å². The molecule has 3 aromatic rings. The van der Waals surface area contributed by atoms with Crippen molar-refractivity contribution in [3.8, 4) is 0 Å². The first-order valence-corrected chi connectivity index (χ1v) is 12.4. The van der Waals surface area contributed by atoms with E-state index in [0.717, 1.165) is 5.56 Å². The molecule has 0 radical (unpaired) electrons. The second kappa shape index (κ2) is 11.6. The van der Waals surface area contributed by atoms with E-state index in [1.54, 1.807) is 36.6 Å². The van der Waals surface area contributed by atoms with Gasteiger partial charge in [0, 0.05) is 18.3 Å². The lowest BCUT2D eigenvalue weighted by molar-refractivity contribution is -0.126. The molecular formula is C26H33N7O5. The minimum absolute atomic E-state index is 0.0360. The fraction of sp³-hybridized carbons (Fsp3) is 0.423. The predicted octanol–water partition coefficient (Wildman–Crippen LogP) is 1.43. The number of pyridine rings is 1. The van der Waals surface area contributed by atoms with Crippen LogP contribution in [0.3, 0.4) is 0 Å². The largest absolute Gasteiger partial charge is 0.444 e. The first-order valence-electron chi connectivity index (χ1n) is 12.4. The lowest BCUT2D eigenvalue weighted by Crippen LogP contribution is -2.50. The first kappa shape index (κ1) is 27.0. The molecule has 4 rings (SSSR count). The van der Waals surface area contributed by atoms with Crippen LogP contribution in [-0.2, 0) is 32.3 Å². The number of hydrogen-bond acceptors (Lipinski definition) is 8. The fourth-order valence-corrected chi connectivity index (χ4v) is 4.18. The Hall–Kier alpha value is -4.03. The number of nitrogens with one attached hydrogen (secondary N) is 1. The van der Waals surface area contributed by atoms with E-state index in [-0.39, 0.29) is 19.1 Å². The summed E-state index contributed by atoms with van der Waals surface area (Å²) in [6.45, 7) is 4.08. The summed E-state index contributed by atoms with van der Waals surface area (Å²) >= 11 is 0. The number of carbonyl (C=O) groups is 3. The van der Waals surface area contributed by atoms with Gasteiger partial charge >= 0.3 is 6.09 Å². The molecule has 1 fully saturated rings. The summed E-state index contributed by atoms with van der Waals surface area (Å²) in [5.41, 5.74) is 12.5. The number of nitrogens with zero attached hydrogens (tertiary/aromatic N) is 4. The Balaban J connectivity index is 1.50. The number of aromatic nitrogens is 3. The Kier molecular flexibility index (Phi) is 8.23. The van der Waals surface area contributed by atoms with Crippen LogP contribution in [0.25, 0.3) is 5.65 Å². The van der Waals surface area contributed by atoms with E-state index >= 15 is 0 Å². The summed E-state index contributed by atoms with van der Waals surface area (Å²) in [5, 5.41) is 11.4. The van der Waals surface area contributed by atoms with Crippen LogP contribution in [0.5, 0.6) is 0 Å². The van der Waals surface area contributed by atoms with Gasteiger partial charge in [0.25, 0.3) is 0 Å². The molecule has 3 heterocycles. The zero-order valence-corrected chi connectivity index (χ0v) is 21.5. The zero-order valence-electron chi connectivity index (χ0n) is 21.5. The van der Waals surface area contributed by atoms with Gasteiger partial charge in [-0.3, -0.25) is 18.9 Å². The molecule has 1 aliphatic rings. The molecule has 38 heavy (non-hydrogen) atoms. The number of carbonyl (C=O) groups excluding carboxylic acids is 3. The van der Waals surface area contributed by atoms with Gasteiger partial charge in [-0.25, -0.2) is 4.79 Å². The SMILES string of the molecule is CC(C)(N)C(=O)N[C@H](COCc1ccccc1)c1nnc2ccc(COC(=O)N3CCC[C@@H]3C(N)=O)cn12. The molecule has 1 aromatic carbocycles. The Morgan fingerprint density at radius 1 is 1.11 bits per heavy atom. The highest BCUT2D eigenvalue weighted by Gasteiger charge is 2.34. The molecule has 0 aliphatic carbocycles. The Labute approximate surface area is 220 Å². The van der Waals surface area contributed by atoms with Crippen LogP contribution >= 0.6 is 0 Å². The second-order valence-corrected chi connectivity index (χ2v) is 9.88. The van der Waals surface area contributed by atoms with Gasteiger partial charge in [-0.05, 0) is 38.3 Å². The molecule has 5 N–H and O–H groups in total. The van der Waals surface area contributed by atoms with E-state index in [4.69, 9.17) is 20.9 Å². The minimum atomic E-state index is -1.12. The van der Waals surface area contributed by atoms with Crippen LogP contribution in [0.1, 0.15) is 49.7 Å². The van der Waals surface area contributed by atoms with Crippen molar-refractivity contribution in [2.24, 2.45) is 11.5 Å². The highest BCUT2D eigenvalue weighted by molar-refractivity contribution is 5.85. The third-order valence-electron chi connectivity index (χ3n) is 6.27. The number of fused-ring (bicyclic) bond motifs is 1. The summed E-state index contributed by atoms with van der Waals surface area (Å²) in [7, 11) is 0. The molecule has 0 saturated carbocycles. The maximum atomic E-state index is 12.7. The van der Waals surface area contributed by atoms with Gasteiger partial charge in [0.05, 0.1) is 18.8 Å². The number of amides is 3. The van der Waals surface area contributed by atoms with Crippen LogP contribution < -0.4 is 16.8 Å². The Morgan fingerprint density at radius 3 is 2.58 bits per heavy atom. The third kappa shape index (κ3) is 6.45. The average Bonchev–Trinajstić information content (AvgIpc) is 3.54. The molecule has 0 bridgehead atoms. The standard InChI is InChI=1S/C26H33N7O5/c1-26(2,28)24(35)29-19(16-37-14-17-7-4-3-5-8-17)23-31-30-21-11-10-18(13-33(21)23)15-38-25(36)32-12-6-9-20(32)22(27)34/h3-5,7-8,10-11,13,19-20H,6,9,12,14-16,28H2,1-2H3,(H2,27,34)(H,29,35)/t19-,20-/m1/s1. The number of likely N-dealkylation sites (tertiary alicyclic amines) is 1. The molecule has 1 saturated heterocycles. The van der Waals surface area contributed by atoms with Gasteiger partial charge < -0.3 is 26.3 Å². The third-order valence-corrected chi connectivity index (χ3v) is 6.27. The van der Waals surface area contributed by atoms with Crippen molar-refractivity contribution < 1.29 is 23.9 Å². The number of hydrogen-bond donors (Lipinski definition) is 3. The van der Waals surface area contributed by atoms with E-state index in [1.807, 2.05) is 30.3 Å². The minimum Gasteiger partial charge on any atom is -0.444 e. The van der Waals surface area contributed by atoms with Crippen LogP contribution in [0.4, 0.5) is 4.79 Å². The lowest BCUT2D eigenvalue weighted by Gasteiger charge is -2.23. The highest BCUT2D eigenvalue weighted by atomic mass is 16.6. The van der Waals surface area contributed by atoms with Crippen LogP contribution in [0.15, 0.2) is 48.7 Å². The van der Waals surface area contributed by atoms with Crippen LogP contribution in [-0.4, -0.2) is 62.1 Å². The van der Waals surface area contributed by atoms with E-state index in [9.17, 15) is 14.4 Å². The van der Waals surface area contributed by atoms with Crippen molar-refractivity contribution in [3.63, 3.8) is 0 Å². The molecule has 202 valence electrons. The van der Waals surface area contributed by atoms with Crippen molar-refractivity contribution in [1.82, 2.24) is 24.8 Å². The zero-order chi connectivity index (χ0) is 27.3. The molecule has 0 unspecified atom stereocenters. The number of primary amides is 1. The van der Waals surface area contributed by atoms with E-state index in [2.05, 4.69) is 15.5 Å². The first-order chi connectivity index (χ1) is 18.1. The van der Waals surface area contributed by atoms with Crippen molar-refractivity contribution in [2.45, 2.75) is 57.5 Å². The van der Waals surface area contributed by atoms with Gasteiger partial charge in [0.15, 0.2) is 11.5 Å². The van der Waals surface area contributed by atoms with Gasteiger partial charge in [-0.1, -0.05) is 36.4 Å². The molecule has 2 aromatic heterocycles. The molecule has 12 nitrogen and oxygen atoms in total. The van der Waals surface area contributed by atoms with Crippen LogP contribution in [0, 0.1) is 0 Å². The van der Waals surface area contributed by atoms with Crippen molar-refractivity contribution in [2.75, 3.05) is 13.2 Å². The summed E-state index contributed by atoms with van der Waals surface area (Å²) in [5.74, 6) is -0.479. The average molecular weight is 524 g/mol. The summed E-state index contributed by atoms with van der Waals surface area (Å²) in [6, 6.07) is 11.9. The number of ether oxygens (including phenoxy) is 2. The van der Waals surface area contributed by atoms with Gasteiger partial charge in [-0.15, -0.1) is 10.2 Å². The maximum Gasteiger partial charge on any atom is 0.410 e. The van der Waals surface area contributed by atoms with Gasteiger partial charge in [0.1, 0.15) is 18.7 Å². The highest BCUT2D eigenvalue weighted by Crippen LogP contribution is 2.20. The van der Waals surface area contributed by atoms with E-state index in [1.165, 1.54) is 4.90 Å². The van der Waals surface area contributed by atoms with Crippen molar-refractivity contribution >= 4 is 23.6 Å². The Bertz CT molecular complexity index is 1290. The number of rotatable bonds is 10.